The number of hydrogen-bond donors (Lipinski definition) is 0. The van der Waals surface area contributed by atoms with Crippen molar-refractivity contribution in [3.05, 3.63) is 33.8 Å². The van der Waals surface area contributed by atoms with Crippen LogP contribution in [0, 0.1) is 0 Å². The molecule has 1 fully saturated rings. The number of rotatable bonds is 1. The lowest BCUT2D eigenvalue weighted by Crippen LogP contribution is -2.39. The van der Waals surface area contributed by atoms with Gasteiger partial charge >= 0.3 is 0 Å². The number of hydrogen-bond acceptors (Lipinski definition) is 0. The Labute approximate surface area is 118 Å². The topological polar surface area (TPSA) is 3.01 Å². The molecule has 0 saturated carbocycles. The van der Waals surface area contributed by atoms with Crippen LogP contribution in [-0.4, -0.2) is 22.9 Å². The fraction of sp³-hybridized carbons (Fsp3) is 0.533. The van der Waals surface area contributed by atoms with Gasteiger partial charge in [0.25, 0.3) is 0 Å². The van der Waals surface area contributed by atoms with Crippen molar-refractivity contribution in [3.8, 4) is 0 Å². The van der Waals surface area contributed by atoms with Crippen LogP contribution in [0.2, 0.25) is 10.0 Å². The molecule has 1 unspecified atom stereocenters. The Morgan fingerprint density at radius 1 is 1.00 bits per heavy atom. The fourth-order valence-electron chi connectivity index (χ4n) is 3.35. The second-order valence-corrected chi connectivity index (χ2v) is 6.09. The fourth-order valence-corrected chi connectivity index (χ4v) is 3.96. The molecule has 0 aliphatic carbocycles. The zero-order valence-electron chi connectivity index (χ0n) is 10.5. The summed E-state index contributed by atoms with van der Waals surface area (Å²) in [4.78, 5) is 0. The maximum atomic E-state index is 6.36. The Morgan fingerprint density at radius 2 is 1.72 bits per heavy atom. The SMILES string of the molecule is Clc1cccc(Cl)c1C1=[N+]2CCCCC2CCC1. The van der Waals surface area contributed by atoms with Gasteiger partial charge in [0, 0.05) is 25.7 Å². The van der Waals surface area contributed by atoms with Crippen molar-refractivity contribution in [3.63, 3.8) is 0 Å². The van der Waals surface area contributed by atoms with E-state index in [9.17, 15) is 0 Å². The molecule has 2 heterocycles. The van der Waals surface area contributed by atoms with Crippen LogP contribution in [0.5, 0.6) is 0 Å². The van der Waals surface area contributed by atoms with E-state index in [1.165, 1.54) is 44.4 Å². The maximum Gasteiger partial charge on any atom is 0.186 e. The molecule has 2 aliphatic rings. The molecule has 0 aromatic heterocycles. The van der Waals surface area contributed by atoms with E-state index in [2.05, 4.69) is 4.58 Å². The second kappa shape index (κ2) is 5.22. The summed E-state index contributed by atoms with van der Waals surface area (Å²) in [6.45, 7) is 1.17. The second-order valence-electron chi connectivity index (χ2n) is 5.28. The minimum Gasteiger partial charge on any atom is -0.230 e. The highest BCUT2D eigenvalue weighted by Crippen LogP contribution is 2.31. The zero-order chi connectivity index (χ0) is 12.5. The van der Waals surface area contributed by atoms with Crippen molar-refractivity contribution in [1.29, 1.82) is 0 Å². The molecular weight excluding hydrogens is 265 g/mol. The Morgan fingerprint density at radius 3 is 2.50 bits per heavy atom. The minimum absolute atomic E-state index is 0.717. The van der Waals surface area contributed by atoms with E-state index in [0.29, 0.717) is 0 Å². The predicted molar refractivity (Wildman–Crippen MR) is 77.2 cm³/mol. The van der Waals surface area contributed by atoms with Crippen molar-refractivity contribution in [1.82, 2.24) is 0 Å². The highest BCUT2D eigenvalue weighted by atomic mass is 35.5. The van der Waals surface area contributed by atoms with Crippen LogP contribution in [0.15, 0.2) is 18.2 Å². The Hall–Kier alpha value is -0.530. The van der Waals surface area contributed by atoms with Crippen LogP contribution in [0.4, 0.5) is 0 Å². The molecule has 3 heteroatoms. The third kappa shape index (κ3) is 2.19. The zero-order valence-corrected chi connectivity index (χ0v) is 12.0. The first kappa shape index (κ1) is 12.5. The van der Waals surface area contributed by atoms with Crippen molar-refractivity contribution < 1.29 is 4.58 Å². The summed E-state index contributed by atoms with van der Waals surface area (Å²) in [5, 5.41) is 1.59. The molecule has 1 saturated heterocycles. The molecule has 1 aromatic rings. The van der Waals surface area contributed by atoms with Crippen LogP contribution < -0.4 is 0 Å². The summed E-state index contributed by atoms with van der Waals surface area (Å²) in [6, 6.07) is 6.53. The van der Waals surface area contributed by atoms with E-state index in [1.807, 2.05) is 18.2 Å². The molecule has 1 atom stereocenters. The lowest BCUT2D eigenvalue weighted by molar-refractivity contribution is -0.581. The van der Waals surface area contributed by atoms with E-state index >= 15 is 0 Å². The molecule has 2 aliphatic heterocycles. The van der Waals surface area contributed by atoms with Crippen LogP contribution in [0.25, 0.3) is 0 Å². The Balaban J connectivity index is 2.11. The van der Waals surface area contributed by atoms with Crippen molar-refractivity contribution in [2.45, 2.75) is 44.6 Å². The van der Waals surface area contributed by atoms with Gasteiger partial charge in [0.15, 0.2) is 11.8 Å². The maximum absolute atomic E-state index is 6.36. The number of nitrogens with zero attached hydrogens (tertiary/aromatic N) is 1. The molecule has 0 N–H and O–H groups in total. The molecule has 1 aromatic carbocycles. The summed E-state index contributed by atoms with van der Waals surface area (Å²) in [5.41, 5.74) is 2.45. The smallest absolute Gasteiger partial charge is 0.186 e. The van der Waals surface area contributed by atoms with Gasteiger partial charge < -0.3 is 0 Å². The summed E-state index contributed by atoms with van der Waals surface area (Å²) >= 11 is 12.7. The number of benzene rings is 1. The minimum atomic E-state index is 0.717. The third-order valence-corrected chi connectivity index (χ3v) is 4.81. The largest absolute Gasteiger partial charge is 0.230 e. The summed E-state index contributed by atoms with van der Waals surface area (Å²) < 4.78 is 2.57. The van der Waals surface area contributed by atoms with Gasteiger partial charge in [-0.1, -0.05) is 29.3 Å². The normalized spacial score (nSPS) is 24.0. The summed E-state index contributed by atoms with van der Waals surface area (Å²) in [5.74, 6) is 0. The molecule has 0 bridgehead atoms. The van der Waals surface area contributed by atoms with Gasteiger partial charge in [-0.05, 0) is 25.0 Å². The highest BCUT2D eigenvalue weighted by molar-refractivity contribution is 6.39. The first-order valence-corrected chi connectivity index (χ1v) is 7.60. The average Bonchev–Trinajstić information content (AvgIpc) is 2.39. The quantitative estimate of drug-likeness (QED) is 0.666. The number of halogens is 2. The molecule has 0 radical (unpaired) electrons. The molecule has 96 valence electrons. The van der Waals surface area contributed by atoms with Gasteiger partial charge in [0.05, 0.1) is 15.6 Å². The van der Waals surface area contributed by atoms with Gasteiger partial charge in [-0.15, -0.1) is 0 Å². The first-order chi connectivity index (χ1) is 8.77. The third-order valence-electron chi connectivity index (χ3n) is 4.18. The number of fused-ring (bicyclic) bond motifs is 1. The van der Waals surface area contributed by atoms with Crippen LogP contribution in [0.1, 0.15) is 44.1 Å². The van der Waals surface area contributed by atoms with E-state index < -0.39 is 0 Å². The Kier molecular flexibility index (Phi) is 3.63. The number of piperidine rings is 1. The monoisotopic (exact) mass is 282 g/mol. The summed E-state index contributed by atoms with van der Waals surface area (Å²) in [7, 11) is 0. The molecular formula is C15H18Cl2N+. The Bertz CT molecular complexity index is 473. The van der Waals surface area contributed by atoms with Gasteiger partial charge in [0.2, 0.25) is 0 Å². The first-order valence-electron chi connectivity index (χ1n) is 6.84. The van der Waals surface area contributed by atoms with Gasteiger partial charge in [0.1, 0.15) is 6.54 Å². The van der Waals surface area contributed by atoms with E-state index in [0.717, 1.165) is 28.1 Å². The molecule has 18 heavy (non-hydrogen) atoms. The predicted octanol–water partition coefficient (Wildman–Crippen LogP) is 4.53. The van der Waals surface area contributed by atoms with Crippen molar-refractivity contribution in [2.75, 3.05) is 6.54 Å². The standard InChI is InChI=1S/C15H18Cl2N/c16-12-7-4-8-13(17)15(12)14-9-3-6-11-5-1-2-10-18(11)14/h4,7-8,11H,1-3,5-6,9-10H2/q+1. The van der Waals surface area contributed by atoms with Crippen LogP contribution in [0.3, 0.4) is 0 Å². The van der Waals surface area contributed by atoms with Gasteiger partial charge in [-0.2, -0.15) is 0 Å². The summed E-state index contributed by atoms with van der Waals surface area (Å²) in [6.07, 6.45) is 7.68. The van der Waals surface area contributed by atoms with Crippen LogP contribution >= 0.6 is 23.2 Å². The van der Waals surface area contributed by atoms with Gasteiger partial charge in [-0.25, -0.2) is 4.58 Å². The lowest BCUT2D eigenvalue weighted by Gasteiger charge is -2.27. The molecule has 0 amide bonds. The lowest BCUT2D eigenvalue weighted by atomic mass is 9.91. The molecule has 0 spiro atoms. The average molecular weight is 283 g/mol. The van der Waals surface area contributed by atoms with E-state index in [-0.39, 0.29) is 0 Å². The van der Waals surface area contributed by atoms with Crippen molar-refractivity contribution in [2.24, 2.45) is 0 Å². The van der Waals surface area contributed by atoms with E-state index in [4.69, 9.17) is 23.2 Å². The highest BCUT2D eigenvalue weighted by Gasteiger charge is 2.34. The van der Waals surface area contributed by atoms with Crippen LogP contribution in [-0.2, 0) is 0 Å². The molecule has 1 nitrogen and oxygen atoms in total. The molecule has 3 rings (SSSR count). The van der Waals surface area contributed by atoms with Gasteiger partial charge in [-0.3, -0.25) is 0 Å². The van der Waals surface area contributed by atoms with Crippen molar-refractivity contribution >= 4 is 28.9 Å². The van der Waals surface area contributed by atoms with E-state index in [1.54, 1.807) is 0 Å².